The number of rotatable bonds is 11. The summed E-state index contributed by atoms with van der Waals surface area (Å²) < 4.78 is 4.77. The molecule has 0 saturated heterocycles. The molecule has 0 saturated carbocycles. The molecule has 2 atom stereocenters. The minimum absolute atomic E-state index is 0.00577. The summed E-state index contributed by atoms with van der Waals surface area (Å²) in [5.74, 6) is -0.367. The van der Waals surface area contributed by atoms with Gasteiger partial charge in [-0.1, -0.05) is 53.9 Å². The average Bonchev–Trinajstić information content (AvgIpc) is 2.46. The van der Waals surface area contributed by atoms with Gasteiger partial charge in [-0.05, 0) is 24.8 Å². The summed E-state index contributed by atoms with van der Waals surface area (Å²) in [6, 6.07) is -0.881. The van der Waals surface area contributed by atoms with Crippen LogP contribution in [-0.4, -0.2) is 37.6 Å². The van der Waals surface area contributed by atoms with E-state index in [1.807, 2.05) is 27.7 Å². The molecule has 0 rings (SSSR count). The quantitative estimate of drug-likeness (QED) is 0.454. The first-order chi connectivity index (χ1) is 10.3. The molecule has 1 amide bonds. The number of amides is 1. The fourth-order valence-corrected chi connectivity index (χ4v) is 2.31. The van der Waals surface area contributed by atoms with Crippen LogP contribution in [0.4, 0.5) is 0 Å². The van der Waals surface area contributed by atoms with Gasteiger partial charge in [-0.15, -0.1) is 0 Å². The van der Waals surface area contributed by atoms with Crippen LogP contribution < -0.4 is 10.6 Å². The molecule has 0 aromatic carbocycles. The lowest BCUT2D eigenvalue weighted by Crippen LogP contribution is -2.54. The number of hydrogen-bond donors (Lipinski definition) is 2. The van der Waals surface area contributed by atoms with Crippen LogP contribution >= 0.6 is 0 Å². The van der Waals surface area contributed by atoms with E-state index in [2.05, 4.69) is 17.6 Å². The van der Waals surface area contributed by atoms with Gasteiger partial charge < -0.3 is 15.4 Å². The minimum atomic E-state index is -0.597. The second-order valence-electron chi connectivity index (χ2n) is 6.49. The number of carbonyl (C=O) groups is 2. The maximum absolute atomic E-state index is 12.5. The highest BCUT2D eigenvalue weighted by Crippen LogP contribution is 2.08. The van der Waals surface area contributed by atoms with Crippen LogP contribution in [0, 0.1) is 11.8 Å². The topological polar surface area (TPSA) is 67.4 Å². The Bertz CT molecular complexity index is 330. The lowest BCUT2D eigenvalue weighted by Gasteiger charge is -2.26. The van der Waals surface area contributed by atoms with Crippen LogP contribution in [0.5, 0.6) is 0 Å². The zero-order valence-corrected chi connectivity index (χ0v) is 15.1. The normalized spacial score (nSPS) is 14.0. The Balaban J connectivity index is 4.54. The van der Waals surface area contributed by atoms with E-state index in [4.69, 9.17) is 4.74 Å². The Hall–Kier alpha value is -1.10. The Morgan fingerprint density at radius 1 is 0.955 bits per heavy atom. The molecule has 0 aromatic heterocycles. The number of carbonyl (C=O) groups excluding carboxylic acids is 2. The third-order valence-electron chi connectivity index (χ3n) is 3.76. The lowest BCUT2D eigenvalue weighted by molar-refractivity contribution is -0.146. The zero-order valence-electron chi connectivity index (χ0n) is 15.1. The molecule has 0 heterocycles. The standard InChI is InChI=1S/C17H34N2O3/c1-7-8-9-10-11-18-14(12(2)3)16(20)19-15(13(4)5)17(21)22-6/h12-15,18H,7-11H2,1-6H3,(H,19,20)/t14-,15-/m0/s1. The summed E-state index contributed by atoms with van der Waals surface area (Å²) in [6.45, 7) is 10.8. The first kappa shape index (κ1) is 20.9. The molecule has 0 unspecified atom stereocenters. The first-order valence-electron chi connectivity index (χ1n) is 8.46. The Morgan fingerprint density at radius 2 is 1.55 bits per heavy atom. The molecule has 22 heavy (non-hydrogen) atoms. The SMILES string of the molecule is CCCCCCN[C@H](C(=O)N[C@H](C(=O)OC)C(C)C)C(C)C. The van der Waals surface area contributed by atoms with Gasteiger partial charge in [0.2, 0.25) is 5.91 Å². The molecule has 0 spiro atoms. The molecule has 0 fully saturated rings. The second kappa shape index (κ2) is 11.5. The van der Waals surface area contributed by atoms with E-state index in [0.29, 0.717) is 0 Å². The smallest absolute Gasteiger partial charge is 0.328 e. The summed E-state index contributed by atoms with van der Waals surface area (Å²) in [5, 5.41) is 6.14. The van der Waals surface area contributed by atoms with Crippen molar-refractivity contribution in [3.63, 3.8) is 0 Å². The monoisotopic (exact) mass is 314 g/mol. The largest absolute Gasteiger partial charge is 0.467 e. The van der Waals surface area contributed by atoms with Crippen molar-refractivity contribution in [2.75, 3.05) is 13.7 Å². The first-order valence-corrected chi connectivity index (χ1v) is 8.46. The molecular formula is C17H34N2O3. The van der Waals surface area contributed by atoms with Crippen molar-refractivity contribution in [1.29, 1.82) is 0 Å². The van der Waals surface area contributed by atoms with Gasteiger partial charge in [0.05, 0.1) is 13.2 Å². The number of hydrogen-bond acceptors (Lipinski definition) is 4. The minimum Gasteiger partial charge on any atom is -0.467 e. The summed E-state index contributed by atoms with van der Waals surface area (Å²) in [4.78, 5) is 24.2. The van der Waals surface area contributed by atoms with Gasteiger partial charge in [0, 0.05) is 0 Å². The molecule has 5 heteroatoms. The molecule has 0 radical (unpaired) electrons. The van der Waals surface area contributed by atoms with Crippen molar-refractivity contribution in [2.45, 2.75) is 72.4 Å². The third-order valence-corrected chi connectivity index (χ3v) is 3.76. The van der Waals surface area contributed by atoms with Gasteiger partial charge in [0.25, 0.3) is 0 Å². The second-order valence-corrected chi connectivity index (χ2v) is 6.49. The number of unbranched alkanes of at least 4 members (excludes halogenated alkanes) is 3. The van der Waals surface area contributed by atoms with E-state index >= 15 is 0 Å². The van der Waals surface area contributed by atoms with Gasteiger partial charge in [0.15, 0.2) is 0 Å². The van der Waals surface area contributed by atoms with E-state index in [1.165, 1.54) is 26.4 Å². The van der Waals surface area contributed by atoms with Crippen molar-refractivity contribution in [2.24, 2.45) is 11.8 Å². The van der Waals surface area contributed by atoms with E-state index in [9.17, 15) is 9.59 Å². The Labute approximate surface area is 135 Å². The average molecular weight is 314 g/mol. The number of ether oxygens (including phenoxy) is 1. The maximum Gasteiger partial charge on any atom is 0.328 e. The van der Waals surface area contributed by atoms with Gasteiger partial charge in [-0.3, -0.25) is 4.79 Å². The van der Waals surface area contributed by atoms with Gasteiger partial charge in [-0.2, -0.15) is 0 Å². The van der Waals surface area contributed by atoms with Crippen LogP contribution in [0.2, 0.25) is 0 Å². The highest BCUT2D eigenvalue weighted by Gasteiger charge is 2.29. The van der Waals surface area contributed by atoms with Crippen molar-refractivity contribution in [1.82, 2.24) is 10.6 Å². The summed E-state index contributed by atoms with van der Waals surface area (Å²) in [5.41, 5.74) is 0. The maximum atomic E-state index is 12.5. The van der Waals surface area contributed by atoms with E-state index < -0.39 is 12.0 Å². The molecular weight excluding hydrogens is 280 g/mol. The summed E-state index contributed by atoms with van der Waals surface area (Å²) in [7, 11) is 1.34. The van der Waals surface area contributed by atoms with Gasteiger partial charge in [0.1, 0.15) is 6.04 Å². The Kier molecular flexibility index (Phi) is 10.9. The van der Waals surface area contributed by atoms with Crippen LogP contribution in [0.3, 0.4) is 0 Å². The molecule has 0 aromatic rings. The molecule has 2 N–H and O–H groups in total. The van der Waals surface area contributed by atoms with Crippen molar-refractivity contribution < 1.29 is 14.3 Å². The predicted molar refractivity (Wildman–Crippen MR) is 89.6 cm³/mol. The van der Waals surface area contributed by atoms with Crippen molar-refractivity contribution >= 4 is 11.9 Å². The Morgan fingerprint density at radius 3 is 2.00 bits per heavy atom. The number of esters is 1. The summed E-state index contributed by atoms with van der Waals surface area (Å²) in [6.07, 6.45) is 4.66. The van der Waals surface area contributed by atoms with Crippen LogP contribution in [0.15, 0.2) is 0 Å². The third kappa shape index (κ3) is 7.78. The van der Waals surface area contributed by atoms with Crippen LogP contribution in [0.25, 0.3) is 0 Å². The van der Waals surface area contributed by atoms with Crippen LogP contribution in [0.1, 0.15) is 60.3 Å². The van der Waals surface area contributed by atoms with E-state index in [1.54, 1.807) is 0 Å². The summed E-state index contributed by atoms with van der Waals surface area (Å²) >= 11 is 0. The molecule has 5 nitrogen and oxygen atoms in total. The molecule has 0 aliphatic rings. The zero-order chi connectivity index (χ0) is 17.1. The van der Waals surface area contributed by atoms with E-state index in [0.717, 1.165) is 13.0 Å². The van der Waals surface area contributed by atoms with Gasteiger partial charge in [-0.25, -0.2) is 4.79 Å². The molecule has 130 valence electrons. The van der Waals surface area contributed by atoms with Crippen molar-refractivity contribution in [3.8, 4) is 0 Å². The van der Waals surface area contributed by atoms with Crippen LogP contribution in [-0.2, 0) is 14.3 Å². The predicted octanol–water partition coefficient (Wildman–Crippen LogP) is 2.49. The highest BCUT2D eigenvalue weighted by molar-refractivity contribution is 5.87. The number of nitrogens with one attached hydrogen (secondary N) is 2. The fraction of sp³-hybridized carbons (Fsp3) is 0.882. The molecule has 0 bridgehead atoms. The van der Waals surface area contributed by atoms with E-state index in [-0.39, 0.29) is 23.8 Å². The molecule has 0 aliphatic heterocycles. The highest BCUT2D eigenvalue weighted by atomic mass is 16.5. The van der Waals surface area contributed by atoms with Crippen molar-refractivity contribution in [3.05, 3.63) is 0 Å². The number of methoxy groups -OCH3 is 1. The lowest BCUT2D eigenvalue weighted by atomic mass is 10.00. The molecule has 0 aliphatic carbocycles. The fourth-order valence-electron chi connectivity index (χ4n) is 2.31. The van der Waals surface area contributed by atoms with Gasteiger partial charge >= 0.3 is 5.97 Å².